The van der Waals surface area contributed by atoms with Crippen molar-refractivity contribution in [2.24, 2.45) is 0 Å². The minimum atomic E-state index is -0.457. The third-order valence-corrected chi connectivity index (χ3v) is 11.3. The second-order valence-electron chi connectivity index (χ2n) is 17.5. The Hall–Kier alpha value is -4.87. The Morgan fingerprint density at radius 3 is 1.49 bits per heavy atom. The normalized spacial score (nSPS) is 20.8. The van der Waals surface area contributed by atoms with E-state index in [1.165, 1.54) is 0 Å². The highest BCUT2D eigenvalue weighted by Crippen LogP contribution is 2.29. The Bertz CT molecular complexity index is 1750. The van der Waals surface area contributed by atoms with Crippen molar-refractivity contribution in [2.45, 2.75) is 142 Å². The van der Waals surface area contributed by atoms with Gasteiger partial charge in [-0.3, -0.25) is 4.90 Å². The molecule has 3 aliphatic heterocycles. The zero-order chi connectivity index (χ0) is 42.9. The van der Waals surface area contributed by atoms with Crippen molar-refractivity contribution in [1.29, 1.82) is 0 Å². The maximum atomic E-state index is 12.3. The van der Waals surface area contributed by atoms with Gasteiger partial charge in [-0.05, 0) is 110 Å². The molecule has 2 fully saturated rings. The monoisotopic (exact) mass is 813 g/mol. The molecule has 3 aromatic rings. The quantitative estimate of drug-likeness (QED) is 0.186. The Morgan fingerprint density at radius 1 is 0.542 bits per heavy atom. The number of aliphatic hydroxyl groups excluding tert-OH is 2. The van der Waals surface area contributed by atoms with E-state index >= 15 is 0 Å². The fraction of sp³-hybridized carbons (Fsp3) is 0.521. The molecule has 2 saturated heterocycles. The number of amides is 3. The number of ether oxygens (including phenoxy) is 3. The molecule has 0 aromatic heterocycles. The molecular weight excluding hydrogens is 747 g/mol. The van der Waals surface area contributed by atoms with Gasteiger partial charge in [-0.25, -0.2) is 14.4 Å². The van der Waals surface area contributed by atoms with Crippen LogP contribution in [0.15, 0.2) is 103 Å². The van der Waals surface area contributed by atoms with Gasteiger partial charge in [-0.15, -0.1) is 0 Å². The van der Waals surface area contributed by atoms with Gasteiger partial charge in [0.05, 0.1) is 18.8 Å². The first-order valence-electron chi connectivity index (χ1n) is 21.0. The van der Waals surface area contributed by atoms with Gasteiger partial charge in [-0.1, -0.05) is 103 Å². The molecule has 59 heavy (non-hydrogen) atoms. The first-order valence-corrected chi connectivity index (χ1v) is 21.0. The van der Waals surface area contributed by atoms with Gasteiger partial charge in [0, 0.05) is 29.7 Å². The summed E-state index contributed by atoms with van der Waals surface area (Å²) in [7, 11) is 0. The maximum Gasteiger partial charge on any atom is 0.410 e. The lowest BCUT2D eigenvalue weighted by Gasteiger charge is -2.36. The predicted octanol–water partition coefficient (Wildman–Crippen LogP) is 9.65. The number of benzene rings is 3. The van der Waals surface area contributed by atoms with Crippen LogP contribution >= 0.6 is 0 Å². The Labute approximate surface area is 351 Å². The van der Waals surface area contributed by atoms with Crippen molar-refractivity contribution < 1.29 is 38.8 Å². The van der Waals surface area contributed by atoms with Crippen LogP contribution in [-0.4, -0.2) is 91.7 Å². The van der Waals surface area contributed by atoms with Crippen LogP contribution in [0, 0.1) is 0 Å². The van der Waals surface area contributed by atoms with Crippen molar-refractivity contribution in [2.75, 3.05) is 19.6 Å². The lowest BCUT2D eigenvalue weighted by Crippen LogP contribution is -2.49. The number of likely N-dealkylation sites (tertiary alicyclic amines) is 2. The van der Waals surface area contributed by atoms with Gasteiger partial charge in [-0.2, -0.15) is 0 Å². The maximum absolute atomic E-state index is 12.3. The summed E-state index contributed by atoms with van der Waals surface area (Å²) in [6.45, 7) is 14.7. The standard InChI is InChI=1S/2C16H23NO3.C16H21NO2/c1-16(2)10-6-9-14(18)11-17(16)15(19)20-12-13-7-4-3-5-8-13;1-16(2)10-8-14(18)9-11-17(16)15(19)20-12-13-6-4-3-5-7-13;1-16(2)11-7-4-8-12-17(16)15(18)19-13-14-9-5-3-6-10-14/h3-5,7-8,14,18H,6,9-12H2,1-2H3;3-7,14,18H,8-12H2,1-2H3;3-6,8-10H,7,11-13H2,1-2H3. The zero-order valence-corrected chi connectivity index (χ0v) is 36.1. The molecule has 0 spiro atoms. The van der Waals surface area contributed by atoms with Gasteiger partial charge in [0.15, 0.2) is 0 Å². The summed E-state index contributed by atoms with van der Waals surface area (Å²) in [5.74, 6) is 0. The summed E-state index contributed by atoms with van der Waals surface area (Å²) in [6, 6.07) is 29.0. The number of hydrogen-bond acceptors (Lipinski definition) is 8. The number of hydrogen-bond donors (Lipinski definition) is 2. The minimum absolute atomic E-state index is 0.155. The van der Waals surface area contributed by atoms with Crippen LogP contribution in [0.25, 0.3) is 0 Å². The lowest BCUT2D eigenvalue weighted by molar-refractivity contribution is 0.0373. The zero-order valence-electron chi connectivity index (χ0n) is 36.1. The molecule has 0 aliphatic carbocycles. The molecule has 0 saturated carbocycles. The van der Waals surface area contributed by atoms with Crippen molar-refractivity contribution in [1.82, 2.24) is 14.7 Å². The van der Waals surface area contributed by atoms with Crippen molar-refractivity contribution in [3.63, 3.8) is 0 Å². The Balaban J connectivity index is 0.000000196. The summed E-state index contributed by atoms with van der Waals surface area (Å²) < 4.78 is 16.2. The fourth-order valence-electron chi connectivity index (χ4n) is 7.32. The van der Waals surface area contributed by atoms with Crippen LogP contribution < -0.4 is 0 Å². The number of allylic oxidation sites excluding steroid dienone is 1. The summed E-state index contributed by atoms with van der Waals surface area (Å²) in [6.07, 6.45) is 9.17. The number of nitrogens with zero attached hydrogens (tertiary/aromatic N) is 3. The highest BCUT2D eigenvalue weighted by molar-refractivity contribution is 5.70. The second kappa shape index (κ2) is 22.5. The first-order chi connectivity index (χ1) is 28.1. The fourth-order valence-corrected chi connectivity index (χ4v) is 7.32. The van der Waals surface area contributed by atoms with Crippen LogP contribution in [-0.2, 0) is 34.0 Å². The number of β-amino-alcohol motifs (C(OH)–C–C–N with tert-alkyl or cyclic N) is 1. The molecule has 2 N–H and O–H groups in total. The molecule has 6 rings (SSSR count). The summed E-state index contributed by atoms with van der Waals surface area (Å²) >= 11 is 0. The molecule has 0 bridgehead atoms. The van der Waals surface area contributed by atoms with Crippen molar-refractivity contribution in [3.05, 3.63) is 120 Å². The molecule has 2 atom stereocenters. The van der Waals surface area contributed by atoms with Gasteiger partial charge < -0.3 is 34.2 Å². The van der Waals surface area contributed by atoms with E-state index in [0.29, 0.717) is 32.7 Å². The van der Waals surface area contributed by atoms with E-state index in [1.54, 1.807) is 14.7 Å². The molecule has 11 heteroatoms. The van der Waals surface area contributed by atoms with Gasteiger partial charge in [0.25, 0.3) is 0 Å². The van der Waals surface area contributed by atoms with Crippen molar-refractivity contribution >= 4 is 18.3 Å². The first kappa shape index (κ1) is 46.8. The number of aliphatic hydroxyl groups is 2. The molecular formula is C48H67N3O8. The molecule has 0 radical (unpaired) electrons. The van der Waals surface area contributed by atoms with E-state index in [2.05, 4.69) is 19.9 Å². The summed E-state index contributed by atoms with van der Waals surface area (Å²) in [5.41, 5.74) is 2.26. The van der Waals surface area contributed by atoms with Crippen molar-refractivity contribution in [3.8, 4) is 0 Å². The lowest BCUT2D eigenvalue weighted by atomic mass is 9.97. The minimum Gasteiger partial charge on any atom is -0.445 e. The van der Waals surface area contributed by atoms with Crippen LogP contribution in [0.3, 0.4) is 0 Å². The molecule has 3 aliphatic rings. The highest BCUT2D eigenvalue weighted by Gasteiger charge is 2.37. The van der Waals surface area contributed by atoms with Gasteiger partial charge in [0.1, 0.15) is 19.8 Å². The highest BCUT2D eigenvalue weighted by atomic mass is 16.6. The Kier molecular flexibility index (Phi) is 17.8. The van der Waals surface area contributed by atoms with Crippen LogP contribution in [0.4, 0.5) is 14.4 Å². The third-order valence-electron chi connectivity index (χ3n) is 11.3. The van der Waals surface area contributed by atoms with Gasteiger partial charge in [0.2, 0.25) is 0 Å². The Morgan fingerprint density at radius 2 is 0.983 bits per heavy atom. The topological polar surface area (TPSA) is 129 Å². The average molecular weight is 814 g/mol. The smallest absolute Gasteiger partial charge is 0.410 e. The van der Waals surface area contributed by atoms with E-state index < -0.39 is 6.10 Å². The van der Waals surface area contributed by atoms with E-state index in [0.717, 1.165) is 61.6 Å². The molecule has 2 unspecified atom stereocenters. The summed E-state index contributed by atoms with van der Waals surface area (Å²) in [4.78, 5) is 42.0. The van der Waals surface area contributed by atoms with E-state index in [4.69, 9.17) is 14.2 Å². The van der Waals surface area contributed by atoms with E-state index in [9.17, 15) is 24.6 Å². The van der Waals surface area contributed by atoms with Crippen LogP contribution in [0.5, 0.6) is 0 Å². The van der Waals surface area contributed by atoms with E-state index in [-0.39, 0.29) is 54.2 Å². The second-order valence-corrected chi connectivity index (χ2v) is 17.5. The predicted molar refractivity (Wildman–Crippen MR) is 230 cm³/mol. The largest absolute Gasteiger partial charge is 0.445 e. The number of rotatable bonds is 6. The van der Waals surface area contributed by atoms with Crippen LogP contribution in [0.1, 0.15) is 110 Å². The molecule has 3 aromatic carbocycles. The van der Waals surface area contributed by atoms with E-state index in [1.807, 2.05) is 125 Å². The summed E-state index contributed by atoms with van der Waals surface area (Å²) in [5, 5.41) is 19.6. The number of carbonyl (C=O) groups is 3. The molecule has 3 amide bonds. The SMILES string of the molecule is CC1(C)CCC(O)CCN1C(=O)OCc1ccccc1.CC1(C)CCC=CCN1C(=O)OCc1ccccc1.CC1(C)CCCC(O)CN1C(=O)OCc1ccccc1. The third kappa shape index (κ3) is 15.3. The van der Waals surface area contributed by atoms with Gasteiger partial charge >= 0.3 is 18.3 Å². The molecule has 3 heterocycles. The molecule has 11 nitrogen and oxygen atoms in total. The average Bonchev–Trinajstić information content (AvgIpc) is 3.56. The number of carbonyl (C=O) groups excluding carboxylic acids is 3. The molecule has 322 valence electrons. The van der Waals surface area contributed by atoms with Crippen LogP contribution in [0.2, 0.25) is 0 Å².